The summed E-state index contributed by atoms with van der Waals surface area (Å²) in [4.78, 5) is 26.5. The van der Waals surface area contributed by atoms with Gasteiger partial charge in [-0.1, -0.05) is 24.3 Å². The zero-order valence-electron chi connectivity index (χ0n) is 10.8. The van der Waals surface area contributed by atoms with Crippen molar-refractivity contribution in [3.05, 3.63) is 30.5 Å². The number of carbonyl (C=O) groups is 2. The Hall–Kier alpha value is -2.67. The molecule has 0 aliphatic heterocycles. The molecule has 0 radical (unpaired) electrons. The fourth-order valence-electron chi connectivity index (χ4n) is 1.67. The van der Waals surface area contributed by atoms with Gasteiger partial charge in [0, 0.05) is 17.0 Å². The Bertz CT molecular complexity index is 657. The number of pyridine rings is 1. The van der Waals surface area contributed by atoms with E-state index in [0.717, 1.165) is 10.8 Å². The van der Waals surface area contributed by atoms with E-state index in [1.54, 1.807) is 6.20 Å². The number of nitrogens with zero attached hydrogens (tertiary/aromatic N) is 1. The molecule has 0 spiro atoms. The Morgan fingerprint density at radius 3 is 2.80 bits per heavy atom. The second-order valence-corrected chi connectivity index (χ2v) is 3.83. The number of imide groups is 1. The lowest BCUT2D eigenvalue weighted by atomic mass is 10.1. The minimum absolute atomic E-state index is 0.0199. The number of methoxy groups -OCH3 is 1. The van der Waals surface area contributed by atoms with Crippen molar-refractivity contribution in [2.75, 3.05) is 13.7 Å². The topological polar surface area (TPSA) is 104 Å². The van der Waals surface area contributed by atoms with Crippen LogP contribution in [0.15, 0.2) is 30.5 Å². The Morgan fingerprint density at radius 1 is 1.35 bits per heavy atom. The predicted molar refractivity (Wildman–Crippen MR) is 71.5 cm³/mol. The molecule has 1 aromatic carbocycles. The molecule has 0 saturated carbocycles. The molecule has 2 amide bonds. The molecule has 0 aliphatic carbocycles. The van der Waals surface area contributed by atoms with Crippen LogP contribution in [0.5, 0.6) is 11.6 Å². The van der Waals surface area contributed by atoms with Crippen molar-refractivity contribution in [2.24, 2.45) is 5.73 Å². The first kappa shape index (κ1) is 13.8. The molecule has 0 bridgehead atoms. The molecule has 3 N–H and O–H groups in total. The van der Waals surface area contributed by atoms with Gasteiger partial charge in [0.25, 0.3) is 5.88 Å². The van der Waals surface area contributed by atoms with Gasteiger partial charge in [0.05, 0.1) is 13.7 Å². The third kappa shape index (κ3) is 2.83. The quantitative estimate of drug-likeness (QED) is 0.859. The number of hydrogen-bond acceptors (Lipinski definition) is 6. The van der Waals surface area contributed by atoms with E-state index in [9.17, 15) is 9.59 Å². The molecule has 7 heteroatoms. The van der Waals surface area contributed by atoms with Crippen molar-refractivity contribution >= 4 is 22.8 Å². The molecule has 0 fully saturated rings. The number of carbonyl (C=O) groups excluding carboxylic acids is 2. The molecule has 20 heavy (non-hydrogen) atoms. The number of hydrogen-bond donors (Lipinski definition) is 2. The summed E-state index contributed by atoms with van der Waals surface area (Å²) < 4.78 is 10.2. The molecule has 0 unspecified atom stereocenters. The number of fused-ring (bicyclic) bond motifs is 1. The minimum Gasteiger partial charge on any atom is -0.491 e. The first-order chi connectivity index (χ1) is 9.65. The number of amides is 2. The maximum absolute atomic E-state index is 11.5. The van der Waals surface area contributed by atoms with Crippen molar-refractivity contribution in [3.63, 3.8) is 0 Å². The molecule has 7 nitrogen and oxygen atoms in total. The van der Waals surface area contributed by atoms with Gasteiger partial charge >= 0.3 is 6.09 Å². The van der Waals surface area contributed by atoms with Crippen LogP contribution in [-0.4, -0.2) is 30.6 Å². The van der Waals surface area contributed by atoms with E-state index < -0.39 is 12.0 Å². The fraction of sp³-hybridized carbons (Fsp3) is 0.154. The molecule has 1 heterocycles. The lowest BCUT2D eigenvalue weighted by Crippen LogP contribution is -2.37. The Labute approximate surface area is 114 Å². The van der Waals surface area contributed by atoms with E-state index in [2.05, 4.69) is 4.98 Å². The highest BCUT2D eigenvalue weighted by atomic mass is 16.6. The van der Waals surface area contributed by atoms with Crippen LogP contribution in [0.25, 0.3) is 10.8 Å². The summed E-state index contributed by atoms with van der Waals surface area (Å²) in [7, 11) is 1.44. The summed E-state index contributed by atoms with van der Waals surface area (Å²) >= 11 is 0. The van der Waals surface area contributed by atoms with Crippen LogP contribution >= 0.6 is 0 Å². The van der Waals surface area contributed by atoms with Gasteiger partial charge in [-0.25, -0.2) is 9.78 Å². The van der Waals surface area contributed by atoms with Gasteiger partial charge in [-0.3, -0.25) is 10.1 Å². The maximum Gasteiger partial charge on any atom is 0.420 e. The third-order valence-electron chi connectivity index (χ3n) is 2.54. The molecule has 104 valence electrons. The Morgan fingerprint density at radius 2 is 2.10 bits per heavy atom. The summed E-state index contributed by atoms with van der Waals surface area (Å²) in [5.74, 6) is -0.346. The van der Waals surface area contributed by atoms with Crippen LogP contribution in [0, 0.1) is 0 Å². The standard InChI is InChI=1S/C13H13N3O4/c1-19-11-9-5-3-2-4-8(9)7-15-12(11)20-13(18)16-10(17)6-14/h2-5,7H,6,14H2,1H3,(H,16,17,18). The second-order valence-electron chi connectivity index (χ2n) is 3.83. The van der Waals surface area contributed by atoms with Gasteiger partial charge in [0.15, 0.2) is 5.75 Å². The first-order valence-corrected chi connectivity index (χ1v) is 5.79. The van der Waals surface area contributed by atoms with Gasteiger partial charge in [-0.15, -0.1) is 0 Å². The van der Waals surface area contributed by atoms with E-state index >= 15 is 0 Å². The number of benzene rings is 1. The summed E-state index contributed by atoms with van der Waals surface area (Å²) in [6.07, 6.45) is 0.590. The Balaban J connectivity index is 2.30. The van der Waals surface area contributed by atoms with E-state index in [0.29, 0.717) is 5.75 Å². The lowest BCUT2D eigenvalue weighted by molar-refractivity contribution is -0.118. The first-order valence-electron chi connectivity index (χ1n) is 5.79. The maximum atomic E-state index is 11.5. The van der Waals surface area contributed by atoms with Crippen molar-refractivity contribution in [1.82, 2.24) is 10.3 Å². The van der Waals surface area contributed by atoms with Crippen LogP contribution < -0.4 is 20.5 Å². The van der Waals surface area contributed by atoms with Gasteiger partial charge in [-0.05, 0) is 0 Å². The average molecular weight is 275 g/mol. The molecule has 0 aliphatic rings. The van der Waals surface area contributed by atoms with Crippen molar-refractivity contribution in [3.8, 4) is 11.6 Å². The predicted octanol–water partition coefficient (Wildman–Crippen LogP) is 0.817. The number of ether oxygens (including phenoxy) is 2. The molecular weight excluding hydrogens is 262 g/mol. The van der Waals surface area contributed by atoms with Crippen molar-refractivity contribution in [1.29, 1.82) is 0 Å². The largest absolute Gasteiger partial charge is 0.491 e. The monoisotopic (exact) mass is 275 g/mol. The summed E-state index contributed by atoms with van der Waals surface area (Å²) in [5.41, 5.74) is 5.08. The van der Waals surface area contributed by atoms with E-state index in [4.69, 9.17) is 15.2 Å². The van der Waals surface area contributed by atoms with E-state index in [1.807, 2.05) is 29.6 Å². The van der Waals surface area contributed by atoms with E-state index in [-0.39, 0.29) is 12.4 Å². The number of rotatable bonds is 3. The van der Waals surface area contributed by atoms with Crippen LogP contribution in [-0.2, 0) is 4.79 Å². The molecule has 0 saturated heterocycles. The van der Waals surface area contributed by atoms with Gasteiger partial charge in [0.1, 0.15) is 0 Å². The summed E-state index contributed by atoms with van der Waals surface area (Å²) in [5, 5.41) is 3.55. The number of aromatic nitrogens is 1. The molecule has 2 aromatic rings. The normalized spacial score (nSPS) is 10.1. The molecule has 1 aromatic heterocycles. The fourth-order valence-corrected chi connectivity index (χ4v) is 1.67. The highest BCUT2D eigenvalue weighted by Crippen LogP contribution is 2.32. The van der Waals surface area contributed by atoms with Crippen molar-refractivity contribution in [2.45, 2.75) is 0 Å². The molecule has 0 atom stereocenters. The van der Waals surface area contributed by atoms with Crippen LogP contribution in [0.2, 0.25) is 0 Å². The van der Waals surface area contributed by atoms with E-state index in [1.165, 1.54) is 7.11 Å². The number of nitrogens with one attached hydrogen (secondary N) is 1. The molecular formula is C13H13N3O4. The number of nitrogens with two attached hydrogens (primary N) is 1. The van der Waals surface area contributed by atoms with Gasteiger partial charge in [-0.2, -0.15) is 0 Å². The smallest absolute Gasteiger partial charge is 0.420 e. The Kier molecular flexibility index (Phi) is 4.11. The zero-order chi connectivity index (χ0) is 14.5. The highest BCUT2D eigenvalue weighted by molar-refractivity contribution is 5.94. The molecule has 2 rings (SSSR count). The SMILES string of the molecule is COc1c(OC(=O)NC(=O)CN)ncc2ccccc12. The third-order valence-corrected chi connectivity index (χ3v) is 2.54. The zero-order valence-corrected chi connectivity index (χ0v) is 10.8. The van der Waals surface area contributed by atoms with Crippen LogP contribution in [0.1, 0.15) is 0 Å². The summed E-state index contributed by atoms with van der Waals surface area (Å²) in [6.45, 7) is -0.308. The van der Waals surface area contributed by atoms with Gasteiger partial charge in [0.2, 0.25) is 5.91 Å². The minimum atomic E-state index is -0.957. The van der Waals surface area contributed by atoms with Crippen molar-refractivity contribution < 1.29 is 19.1 Å². The van der Waals surface area contributed by atoms with Crippen LogP contribution in [0.4, 0.5) is 4.79 Å². The second kappa shape index (κ2) is 5.98. The lowest BCUT2D eigenvalue weighted by Gasteiger charge is -2.10. The average Bonchev–Trinajstić information content (AvgIpc) is 2.46. The van der Waals surface area contributed by atoms with Crippen LogP contribution in [0.3, 0.4) is 0 Å². The summed E-state index contributed by atoms with van der Waals surface area (Å²) in [6, 6.07) is 7.35. The highest BCUT2D eigenvalue weighted by Gasteiger charge is 2.15. The van der Waals surface area contributed by atoms with Gasteiger partial charge < -0.3 is 15.2 Å².